The van der Waals surface area contributed by atoms with Crippen molar-refractivity contribution < 1.29 is 9.53 Å². The molecule has 5 nitrogen and oxygen atoms in total. The van der Waals surface area contributed by atoms with Gasteiger partial charge in [0.05, 0.1) is 24.6 Å². The van der Waals surface area contributed by atoms with E-state index in [1.54, 1.807) is 24.2 Å². The van der Waals surface area contributed by atoms with E-state index in [-0.39, 0.29) is 0 Å². The Hall–Kier alpha value is -1.91. The molecule has 0 atom stereocenters. The lowest BCUT2D eigenvalue weighted by molar-refractivity contribution is -0.135. The van der Waals surface area contributed by atoms with Crippen molar-refractivity contribution in [1.29, 1.82) is 0 Å². The normalized spacial score (nSPS) is 18.0. The summed E-state index contributed by atoms with van der Waals surface area (Å²) in [6.45, 7) is 0. The van der Waals surface area contributed by atoms with E-state index in [0.29, 0.717) is 11.3 Å². The number of methoxy groups -OCH3 is 1. The Labute approximate surface area is 81.3 Å². The molecular weight excluding hydrogens is 184 g/mol. The van der Waals surface area contributed by atoms with Crippen molar-refractivity contribution in [3.8, 4) is 0 Å². The van der Waals surface area contributed by atoms with Gasteiger partial charge in [-0.05, 0) is 17.3 Å². The maximum atomic E-state index is 11.1. The summed E-state index contributed by atoms with van der Waals surface area (Å²) in [5.74, 6) is -0.439. The predicted molar refractivity (Wildman–Crippen MR) is 50.9 cm³/mol. The van der Waals surface area contributed by atoms with Gasteiger partial charge in [-0.3, -0.25) is 0 Å². The molecule has 0 saturated carbocycles. The van der Waals surface area contributed by atoms with Gasteiger partial charge in [-0.1, -0.05) is 0 Å². The van der Waals surface area contributed by atoms with Crippen LogP contribution in [0.25, 0.3) is 0 Å². The zero-order valence-electron chi connectivity index (χ0n) is 7.93. The minimum Gasteiger partial charge on any atom is -0.465 e. The van der Waals surface area contributed by atoms with Crippen LogP contribution < -0.4 is 0 Å². The fourth-order valence-corrected chi connectivity index (χ4v) is 1.01. The highest BCUT2D eigenvalue weighted by Gasteiger charge is 2.12. The molecule has 0 unspecified atom stereocenters. The molecule has 5 heteroatoms. The van der Waals surface area contributed by atoms with Crippen molar-refractivity contribution in [3.63, 3.8) is 0 Å². The molecule has 0 aromatic carbocycles. The third kappa shape index (κ3) is 2.07. The summed E-state index contributed by atoms with van der Waals surface area (Å²) in [4.78, 5) is 22.8. The number of carbonyl (C=O) groups is 1. The fraction of sp³-hybridized carbons (Fsp3) is 0.222. The summed E-state index contributed by atoms with van der Waals surface area (Å²) in [6.07, 6.45) is 5.93. The van der Waals surface area contributed by atoms with E-state index < -0.39 is 5.97 Å². The van der Waals surface area contributed by atoms with E-state index in [0.717, 1.165) is 6.20 Å². The van der Waals surface area contributed by atoms with E-state index in [2.05, 4.69) is 9.91 Å². The molecule has 1 rings (SSSR count). The first-order chi connectivity index (χ1) is 6.69. The number of hydrogen-bond donors (Lipinski definition) is 0. The minimum absolute atomic E-state index is 0.389. The number of rotatable bonds is 2. The van der Waals surface area contributed by atoms with Gasteiger partial charge in [0.25, 0.3) is 0 Å². The molecule has 0 bridgehead atoms. The highest BCUT2D eigenvalue weighted by Crippen LogP contribution is 2.16. The van der Waals surface area contributed by atoms with Crippen molar-refractivity contribution in [1.82, 2.24) is 4.90 Å². The van der Waals surface area contributed by atoms with Gasteiger partial charge < -0.3 is 9.64 Å². The Morgan fingerprint density at radius 1 is 1.64 bits per heavy atom. The molecule has 0 radical (unpaired) electrons. The zero-order valence-corrected chi connectivity index (χ0v) is 7.93. The largest absolute Gasteiger partial charge is 0.465 e. The number of esters is 1. The number of likely N-dealkylation sites (N-methyl/N-ethyl adjacent to an activating group) is 1. The molecule has 0 N–H and O–H groups in total. The van der Waals surface area contributed by atoms with Gasteiger partial charge in [-0.15, -0.1) is 4.91 Å². The Kier molecular flexibility index (Phi) is 3.17. The van der Waals surface area contributed by atoms with Gasteiger partial charge in [0, 0.05) is 13.2 Å². The monoisotopic (exact) mass is 194 g/mol. The van der Waals surface area contributed by atoms with E-state index in [9.17, 15) is 9.70 Å². The molecule has 1 aliphatic heterocycles. The lowest BCUT2D eigenvalue weighted by Gasteiger charge is -2.18. The number of carbonyl (C=O) groups excluding carboxylic acids is 1. The number of allylic oxidation sites excluding steroid dienone is 1. The maximum Gasteiger partial charge on any atom is 0.337 e. The molecule has 1 aliphatic rings. The summed E-state index contributed by atoms with van der Waals surface area (Å²) in [6, 6.07) is 0. The number of nitroso groups, excluding NO2 is 1. The van der Waals surface area contributed by atoms with E-state index in [4.69, 9.17) is 0 Å². The van der Waals surface area contributed by atoms with Crippen LogP contribution in [0.3, 0.4) is 0 Å². The van der Waals surface area contributed by atoms with Gasteiger partial charge in [0.2, 0.25) is 0 Å². The van der Waals surface area contributed by atoms with Crippen molar-refractivity contribution >= 4 is 5.97 Å². The number of ether oxygens (including phenoxy) is 1. The molecular formula is C9H10N2O3. The molecule has 0 aliphatic carbocycles. The van der Waals surface area contributed by atoms with Gasteiger partial charge in [-0.2, -0.15) is 0 Å². The van der Waals surface area contributed by atoms with Crippen molar-refractivity contribution in [2.24, 2.45) is 5.18 Å². The predicted octanol–water partition coefficient (Wildman–Crippen LogP) is 1.15. The van der Waals surface area contributed by atoms with Crippen molar-refractivity contribution in [2.75, 3.05) is 14.2 Å². The van der Waals surface area contributed by atoms with E-state index >= 15 is 0 Å². The number of hydrogen-bond acceptors (Lipinski definition) is 5. The Bertz CT molecular complexity index is 342. The lowest BCUT2D eigenvalue weighted by Crippen LogP contribution is -2.15. The second kappa shape index (κ2) is 4.36. The molecule has 0 aromatic rings. The van der Waals surface area contributed by atoms with Crippen LogP contribution in [0.15, 0.2) is 41.0 Å². The van der Waals surface area contributed by atoms with Crippen LogP contribution in [0.2, 0.25) is 0 Å². The summed E-state index contributed by atoms with van der Waals surface area (Å²) >= 11 is 0. The quantitative estimate of drug-likeness (QED) is 0.488. The number of nitrogens with zero attached hydrogens (tertiary/aromatic N) is 2. The van der Waals surface area contributed by atoms with Crippen LogP contribution in [-0.2, 0) is 9.53 Å². The smallest absolute Gasteiger partial charge is 0.337 e. The van der Waals surface area contributed by atoms with E-state index in [1.165, 1.54) is 13.2 Å². The first-order valence-corrected chi connectivity index (χ1v) is 3.92. The first-order valence-electron chi connectivity index (χ1n) is 3.92. The van der Waals surface area contributed by atoms with Crippen LogP contribution >= 0.6 is 0 Å². The SMILES string of the molecule is COC(=O)C1=C/C(=C/N=O)N(C)C=C1. The van der Waals surface area contributed by atoms with E-state index in [1.807, 2.05) is 0 Å². The topological polar surface area (TPSA) is 59.0 Å². The molecule has 0 aromatic heterocycles. The Morgan fingerprint density at radius 2 is 2.36 bits per heavy atom. The van der Waals surface area contributed by atoms with Gasteiger partial charge >= 0.3 is 5.97 Å². The Morgan fingerprint density at radius 3 is 2.93 bits per heavy atom. The molecule has 0 spiro atoms. The second-order valence-corrected chi connectivity index (χ2v) is 2.68. The molecule has 0 fully saturated rings. The van der Waals surface area contributed by atoms with Gasteiger partial charge in [-0.25, -0.2) is 4.79 Å². The van der Waals surface area contributed by atoms with Crippen LogP contribution in [0, 0.1) is 4.91 Å². The zero-order chi connectivity index (χ0) is 10.6. The highest BCUT2D eigenvalue weighted by molar-refractivity contribution is 5.92. The third-order valence-electron chi connectivity index (χ3n) is 1.79. The fourth-order valence-electron chi connectivity index (χ4n) is 1.01. The summed E-state index contributed by atoms with van der Waals surface area (Å²) in [5, 5.41) is 2.65. The minimum atomic E-state index is -0.439. The van der Waals surface area contributed by atoms with Crippen LogP contribution in [0.1, 0.15) is 0 Å². The van der Waals surface area contributed by atoms with Crippen LogP contribution in [0.4, 0.5) is 0 Å². The van der Waals surface area contributed by atoms with Crippen LogP contribution in [-0.4, -0.2) is 25.0 Å². The summed E-state index contributed by atoms with van der Waals surface area (Å²) < 4.78 is 4.54. The average molecular weight is 194 g/mol. The van der Waals surface area contributed by atoms with Crippen LogP contribution in [0.5, 0.6) is 0 Å². The third-order valence-corrected chi connectivity index (χ3v) is 1.79. The summed E-state index contributed by atoms with van der Waals surface area (Å²) in [5.41, 5.74) is 0.934. The maximum absolute atomic E-state index is 11.1. The first kappa shape index (κ1) is 10.2. The lowest BCUT2D eigenvalue weighted by atomic mass is 10.1. The second-order valence-electron chi connectivity index (χ2n) is 2.68. The molecule has 0 amide bonds. The van der Waals surface area contributed by atoms with Crippen molar-refractivity contribution in [3.05, 3.63) is 40.7 Å². The molecule has 1 heterocycles. The average Bonchev–Trinajstić information content (AvgIpc) is 2.20. The molecule has 74 valence electrons. The summed E-state index contributed by atoms with van der Waals surface area (Å²) in [7, 11) is 3.05. The highest BCUT2D eigenvalue weighted by atomic mass is 16.5. The molecule has 0 saturated heterocycles. The van der Waals surface area contributed by atoms with Gasteiger partial charge in [0.15, 0.2) is 0 Å². The van der Waals surface area contributed by atoms with Crippen molar-refractivity contribution in [2.45, 2.75) is 0 Å². The van der Waals surface area contributed by atoms with Gasteiger partial charge in [0.1, 0.15) is 0 Å². The Balaban J connectivity index is 2.96. The standard InChI is InChI=1S/C9H10N2O3/c1-11-4-3-7(9(12)14-2)5-8(11)6-10-13/h3-6H,1-2H3/b8-6-. The molecule has 14 heavy (non-hydrogen) atoms.